The number of rotatable bonds is 8. The maximum absolute atomic E-state index is 11.9. The van der Waals surface area contributed by atoms with E-state index >= 15 is 0 Å². The van der Waals surface area contributed by atoms with E-state index in [1.165, 1.54) is 11.3 Å². The van der Waals surface area contributed by atoms with Crippen molar-refractivity contribution in [2.45, 2.75) is 13.1 Å². The van der Waals surface area contributed by atoms with E-state index in [1.54, 1.807) is 12.5 Å². The van der Waals surface area contributed by atoms with Crippen molar-refractivity contribution in [2.24, 2.45) is 5.73 Å². The summed E-state index contributed by atoms with van der Waals surface area (Å²) >= 11 is 1.39. The van der Waals surface area contributed by atoms with Gasteiger partial charge in [0.25, 0.3) is 5.91 Å². The summed E-state index contributed by atoms with van der Waals surface area (Å²) in [4.78, 5) is 16.1. The molecule has 118 valence electrons. The zero-order valence-electron chi connectivity index (χ0n) is 12.4. The first kappa shape index (κ1) is 16.4. The van der Waals surface area contributed by atoms with Crippen molar-refractivity contribution in [3.8, 4) is 5.75 Å². The number of ether oxygens (including phenoxy) is 2. The van der Waals surface area contributed by atoms with E-state index < -0.39 is 0 Å². The Balaban J connectivity index is 1.82. The van der Waals surface area contributed by atoms with Crippen LogP contribution in [0.15, 0.2) is 29.6 Å². The third-order valence-electron chi connectivity index (χ3n) is 2.89. The quantitative estimate of drug-likeness (QED) is 0.721. The van der Waals surface area contributed by atoms with Crippen molar-refractivity contribution in [1.82, 2.24) is 10.3 Å². The van der Waals surface area contributed by atoms with Gasteiger partial charge in [0.2, 0.25) is 0 Å². The van der Waals surface area contributed by atoms with Gasteiger partial charge in [-0.2, -0.15) is 0 Å². The van der Waals surface area contributed by atoms with Crippen LogP contribution in [-0.4, -0.2) is 31.2 Å². The molecule has 0 aliphatic carbocycles. The van der Waals surface area contributed by atoms with E-state index in [0.29, 0.717) is 32.0 Å². The lowest BCUT2D eigenvalue weighted by molar-refractivity contribution is 0.0946. The number of nitrogens with one attached hydrogen (secondary N) is 1. The molecule has 0 atom stereocenters. The second-order valence-electron chi connectivity index (χ2n) is 4.50. The molecule has 0 fully saturated rings. The highest BCUT2D eigenvalue weighted by Gasteiger charge is 2.09. The SMILES string of the molecule is COCCOc1ccc(CNC(=O)c2csc(CN)n2)cc1. The molecule has 1 aromatic heterocycles. The Hall–Kier alpha value is -1.96. The molecule has 0 aliphatic heterocycles. The highest BCUT2D eigenvalue weighted by Crippen LogP contribution is 2.13. The number of amides is 1. The summed E-state index contributed by atoms with van der Waals surface area (Å²) in [5.74, 6) is 0.579. The first-order valence-electron chi connectivity index (χ1n) is 6.86. The minimum absolute atomic E-state index is 0.198. The number of hydrogen-bond acceptors (Lipinski definition) is 6. The van der Waals surface area contributed by atoms with E-state index in [1.807, 2.05) is 24.3 Å². The van der Waals surface area contributed by atoms with Crippen molar-refractivity contribution >= 4 is 17.2 Å². The van der Waals surface area contributed by atoms with E-state index in [-0.39, 0.29) is 5.91 Å². The molecule has 0 spiro atoms. The first-order valence-corrected chi connectivity index (χ1v) is 7.74. The van der Waals surface area contributed by atoms with Crippen LogP contribution in [-0.2, 0) is 17.8 Å². The number of aromatic nitrogens is 1. The second kappa shape index (κ2) is 8.47. The van der Waals surface area contributed by atoms with Gasteiger partial charge in [-0.25, -0.2) is 4.98 Å². The number of nitrogens with zero attached hydrogens (tertiary/aromatic N) is 1. The fraction of sp³-hybridized carbons (Fsp3) is 0.333. The van der Waals surface area contributed by atoms with Gasteiger partial charge in [0.1, 0.15) is 23.1 Å². The van der Waals surface area contributed by atoms with Gasteiger partial charge in [-0.1, -0.05) is 12.1 Å². The predicted molar refractivity (Wildman–Crippen MR) is 85.0 cm³/mol. The summed E-state index contributed by atoms with van der Waals surface area (Å²) in [5, 5.41) is 5.29. The molecule has 1 amide bonds. The normalized spacial score (nSPS) is 10.5. The second-order valence-corrected chi connectivity index (χ2v) is 5.44. The van der Waals surface area contributed by atoms with Gasteiger partial charge < -0.3 is 20.5 Å². The van der Waals surface area contributed by atoms with Crippen LogP contribution in [0.2, 0.25) is 0 Å². The van der Waals surface area contributed by atoms with Crippen LogP contribution in [0.25, 0.3) is 0 Å². The molecule has 0 radical (unpaired) electrons. The Morgan fingerprint density at radius 3 is 2.73 bits per heavy atom. The number of thiazole rings is 1. The van der Waals surface area contributed by atoms with Crippen molar-refractivity contribution in [3.63, 3.8) is 0 Å². The Bertz CT molecular complexity index is 598. The highest BCUT2D eigenvalue weighted by molar-refractivity contribution is 7.09. The fourth-order valence-corrected chi connectivity index (χ4v) is 2.38. The zero-order chi connectivity index (χ0) is 15.8. The molecule has 1 heterocycles. The minimum Gasteiger partial charge on any atom is -0.491 e. The van der Waals surface area contributed by atoms with Crippen LogP contribution < -0.4 is 15.8 Å². The first-order chi connectivity index (χ1) is 10.7. The summed E-state index contributed by atoms with van der Waals surface area (Å²) in [6.45, 7) is 1.85. The number of methoxy groups -OCH3 is 1. The molecule has 0 saturated heterocycles. The smallest absolute Gasteiger partial charge is 0.271 e. The number of hydrogen-bond donors (Lipinski definition) is 2. The Labute approximate surface area is 133 Å². The van der Waals surface area contributed by atoms with Gasteiger partial charge in [-0.3, -0.25) is 4.79 Å². The third kappa shape index (κ3) is 4.80. The minimum atomic E-state index is -0.198. The van der Waals surface area contributed by atoms with Crippen molar-refractivity contribution in [2.75, 3.05) is 20.3 Å². The van der Waals surface area contributed by atoms with Gasteiger partial charge in [-0.05, 0) is 17.7 Å². The highest BCUT2D eigenvalue weighted by atomic mass is 32.1. The van der Waals surface area contributed by atoms with Crippen LogP contribution >= 0.6 is 11.3 Å². The molecule has 0 bridgehead atoms. The number of benzene rings is 1. The van der Waals surface area contributed by atoms with Crippen LogP contribution in [0.4, 0.5) is 0 Å². The average molecular weight is 321 g/mol. The molecule has 7 heteroatoms. The van der Waals surface area contributed by atoms with Crippen LogP contribution in [0, 0.1) is 0 Å². The number of carbonyl (C=O) groups is 1. The standard InChI is InChI=1S/C15H19N3O3S/c1-20-6-7-21-12-4-2-11(3-5-12)9-17-15(19)13-10-22-14(8-16)18-13/h2-5,10H,6-9,16H2,1H3,(H,17,19). The van der Waals surface area contributed by atoms with Crippen molar-refractivity contribution in [1.29, 1.82) is 0 Å². The summed E-state index contributed by atoms with van der Waals surface area (Å²) in [7, 11) is 1.63. The van der Waals surface area contributed by atoms with Gasteiger partial charge in [0.15, 0.2) is 0 Å². The van der Waals surface area contributed by atoms with Crippen molar-refractivity contribution < 1.29 is 14.3 Å². The molecule has 2 rings (SSSR count). The van der Waals surface area contributed by atoms with Gasteiger partial charge in [0.05, 0.1) is 6.61 Å². The van der Waals surface area contributed by atoms with Crippen LogP contribution in [0.1, 0.15) is 21.1 Å². The Morgan fingerprint density at radius 2 is 2.09 bits per heavy atom. The lowest BCUT2D eigenvalue weighted by Gasteiger charge is -2.07. The third-order valence-corrected chi connectivity index (χ3v) is 3.76. The monoisotopic (exact) mass is 321 g/mol. The molecular formula is C15H19N3O3S. The molecule has 0 aliphatic rings. The summed E-state index contributed by atoms with van der Waals surface area (Å²) in [5.41, 5.74) is 6.88. The van der Waals surface area contributed by atoms with Crippen molar-refractivity contribution in [3.05, 3.63) is 45.9 Å². The summed E-state index contributed by atoms with van der Waals surface area (Å²) < 4.78 is 10.4. The number of carbonyl (C=O) groups excluding carboxylic acids is 1. The average Bonchev–Trinajstić information content (AvgIpc) is 3.03. The molecule has 3 N–H and O–H groups in total. The summed E-state index contributed by atoms with van der Waals surface area (Å²) in [6, 6.07) is 7.56. The topological polar surface area (TPSA) is 86.5 Å². The predicted octanol–water partition coefficient (Wildman–Crippen LogP) is 1.56. The van der Waals surface area contributed by atoms with Gasteiger partial charge in [-0.15, -0.1) is 11.3 Å². The van der Waals surface area contributed by atoms with E-state index in [2.05, 4.69) is 10.3 Å². The summed E-state index contributed by atoms with van der Waals surface area (Å²) in [6.07, 6.45) is 0. The molecule has 1 aromatic carbocycles. The number of nitrogens with two attached hydrogens (primary N) is 1. The zero-order valence-corrected chi connectivity index (χ0v) is 13.2. The molecule has 22 heavy (non-hydrogen) atoms. The van der Waals surface area contributed by atoms with Gasteiger partial charge >= 0.3 is 0 Å². The Kier molecular flexibility index (Phi) is 6.32. The lowest BCUT2D eigenvalue weighted by Crippen LogP contribution is -2.23. The van der Waals surface area contributed by atoms with Crippen LogP contribution in [0.5, 0.6) is 5.75 Å². The maximum Gasteiger partial charge on any atom is 0.271 e. The van der Waals surface area contributed by atoms with Gasteiger partial charge in [0, 0.05) is 25.6 Å². The molecular weight excluding hydrogens is 302 g/mol. The van der Waals surface area contributed by atoms with E-state index in [0.717, 1.165) is 16.3 Å². The van der Waals surface area contributed by atoms with Crippen LogP contribution in [0.3, 0.4) is 0 Å². The lowest BCUT2D eigenvalue weighted by atomic mass is 10.2. The van der Waals surface area contributed by atoms with E-state index in [9.17, 15) is 4.79 Å². The largest absolute Gasteiger partial charge is 0.491 e. The fourth-order valence-electron chi connectivity index (χ4n) is 1.73. The molecule has 0 saturated carbocycles. The van der Waals surface area contributed by atoms with E-state index in [4.69, 9.17) is 15.2 Å². The Morgan fingerprint density at radius 1 is 1.32 bits per heavy atom. The molecule has 6 nitrogen and oxygen atoms in total. The molecule has 0 unspecified atom stereocenters. The maximum atomic E-state index is 11.9. The molecule has 2 aromatic rings.